The summed E-state index contributed by atoms with van der Waals surface area (Å²) in [5.74, 6) is 0.986. The SMILES string of the molecule is CN(c1cc(C(N)=O)c(N)cc1F)C1CCSC1. The number of carbonyl (C=O) groups is 1. The second-order valence-corrected chi connectivity index (χ2v) is 5.53. The Labute approximate surface area is 110 Å². The van der Waals surface area contributed by atoms with Crippen LogP contribution in [0.25, 0.3) is 0 Å². The third-order valence-corrected chi connectivity index (χ3v) is 4.36. The topological polar surface area (TPSA) is 72.3 Å². The second-order valence-electron chi connectivity index (χ2n) is 4.38. The first-order valence-electron chi connectivity index (χ1n) is 5.70. The smallest absolute Gasteiger partial charge is 0.250 e. The quantitative estimate of drug-likeness (QED) is 0.815. The molecule has 1 amide bonds. The molecule has 0 aliphatic carbocycles. The average Bonchev–Trinajstić information content (AvgIpc) is 2.81. The molecule has 1 aliphatic rings. The fourth-order valence-corrected chi connectivity index (χ4v) is 3.35. The van der Waals surface area contributed by atoms with Gasteiger partial charge in [-0.3, -0.25) is 4.79 Å². The Balaban J connectivity index is 2.37. The van der Waals surface area contributed by atoms with Gasteiger partial charge in [0.05, 0.1) is 11.3 Å². The van der Waals surface area contributed by atoms with Crippen molar-refractivity contribution in [2.24, 2.45) is 5.73 Å². The highest BCUT2D eigenvalue weighted by atomic mass is 32.2. The summed E-state index contributed by atoms with van der Waals surface area (Å²) in [6.07, 6.45) is 1.01. The molecule has 1 aromatic carbocycles. The van der Waals surface area contributed by atoms with Gasteiger partial charge >= 0.3 is 0 Å². The summed E-state index contributed by atoms with van der Waals surface area (Å²) in [5.41, 5.74) is 11.4. The molecule has 0 radical (unpaired) electrons. The normalized spacial score (nSPS) is 18.9. The van der Waals surface area contributed by atoms with Crippen molar-refractivity contribution in [3.63, 3.8) is 0 Å². The number of anilines is 2. The van der Waals surface area contributed by atoms with Crippen LogP contribution in [0, 0.1) is 5.82 Å². The second kappa shape index (κ2) is 5.06. The minimum absolute atomic E-state index is 0.0814. The molecule has 0 spiro atoms. The first kappa shape index (κ1) is 13.0. The number of benzene rings is 1. The van der Waals surface area contributed by atoms with Gasteiger partial charge in [0.25, 0.3) is 5.91 Å². The molecule has 98 valence electrons. The van der Waals surface area contributed by atoms with Crippen molar-refractivity contribution in [1.29, 1.82) is 0 Å². The zero-order chi connectivity index (χ0) is 13.3. The molecule has 1 fully saturated rings. The Morgan fingerprint density at radius 2 is 2.28 bits per heavy atom. The van der Waals surface area contributed by atoms with Crippen LogP contribution in [0.3, 0.4) is 0 Å². The van der Waals surface area contributed by atoms with E-state index in [0.717, 1.165) is 24.0 Å². The van der Waals surface area contributed by atoms with Gasteiger partial charge < -0.3 is 16.4 Å². The third kappa shape index (κ3) is 2.38. The third-order valence-electron chi connectivity index (χ3n) is 3.22. The summed E-state index contributed by atoms with van der Waals surface area (Å²) in [6.45, 7) is 0. The number of carbonyl (C=O) groups excluding carboxylic acids is 1. The summed E-state index contributed by atoms with van der Waals surface area (Å²) in [4.78, 5) is 13.1. The predicted molar refractivity (Wildman–Crippen MR) is 73.5 cm³/mol. The zero-order valence-electron chi connectivity index (χ0n) is 10.1. The van der Waals surface area contributed by atoms with Gasteiger partial charge in [-0.05, 0) is 24.3 Å². The predicted octanol–water partition coefficient (Wildman–Crippen LogP) is 1.45. The van der Waals surface area contributed by atoms with E-state index in [2.05, 4.69) is 0 Å². The molecule has 18 heavy (non-hydrogen) atoms. The average molecular weight is 269 g/mol. The number of hydrogen-bond acceptors (Lipinski definition) is 4. The molecule has 2 rings (SSSR count). The lowest BCUT2D eigenvalue weighted by Crippen LogP contribution is -2.32. The highest BCUT2D eigenvalue weighted by molar-refractivity contribution is 7.99. The number of nitrogens with zero attached hydrogens (tertiary/aromatic N) is 1. The molecule has 0 saturated carbocycles. The first-order chi connectivity index (χ1) is 8.50. The van der Waals surface area contributed by atoms with Crippen molar-refractivity contribution >= 4 is 29.0 Å². The van der Waals surface area contributed by atoms with E-state index in [1.165, 1.54) is 6.07 Å². The maximum Gasteiger partial charge on any atom is 0.250 e. The molecule has 1 atom stereocenters. The molecule has 1 aliphatic heterocycles. The van der Waals surface area contributed by atoms with Crippen LogP contribution < -0.4 is 16.4 Å². The van der Waals surface area contributed by atoms with Gasteiger partial charge in [-0.2, -0.15) is 11.8 Å². The standard InChI is InChI=1S/C12H16FN3OS/c1-16(7-2-3-18-6-7)11-4-8(12(15)17)10(14)5-9(11)13/h4-5,7H,2-3,6,14H2,1H3,(H2,15,17). The van der Waals surface area contributed by atoms with Gasteiger partial charge in [-0.1, -0.05) is 0 Å². The molecule has 0 bridgehead atoms. The number of amides is 1. The van der Waals surface area contributed by atoms with Crippen molar-refractivity contribution in [3.8, 4) is 0 Å². The highest BCUT2D eigenvalue weighted by Gasteiger charge is 2.23. The monoisotopic (exact) mass is 269 g/mol. The van der Waals surface area contributed by atoms with Crippen LogP contribution in [0.4, 0.5) is 15.8 Å². The van der Waals surface area contributed by atoms with Crippen molar-refractivity contribution in [2.45, 2.75) is 12.5 Å². The lowest BCUT2D eigenvalue weighted by Gasteiger charge is -2.27. The number of halogens is 1. The van der Waals surface area contributed by atoms with E-state index in [4.69, 9.17) is 11.5 Å². The molecule has 1 heterocycles. The van der Waals surface area contributed by atoms with Crippen LogP contribution in [0.1, 0.15) is 16.8 Å². The van der Waals surface area contributed by atoms with E-state index in [1.54, 1.807) is 0 Å². The zero-order valence-corrected chi connectivity index (χ0v) is 11.0. The van der Waals surface area contributed by atoms with Gasteiger partial charge in [0, 0.05) is 24.5 Å². The summed E-state index contributed by atoms with van der Waals surface area (Å²) in [6, 6.07) is 2.89. The van der Waals surface area contributed by atoms with Gasteiger partial charge in [-0.25, -0.2) is 4.39 Å². The van der Waals surface area contributed by atoms with E-state index in [9.17, 15) is 9.18 Å². The van der Waals surface area contributed by atoms with E-state index in [-0.39, 0.29) is 17.3 Å². The van der Waals surface area contributed by atoms with Crippen LogP contribution in [0.15, 0.2) is 12.1 Å². The highest BCUT2D eigenvalue weighted by Crippen LogP contribution is 2.30. The van der Waals surface area contributed by atoms with Gasteiger partial charge in [0.1, 0.15) is 5.82 Å². The number of primary amides is 1. The van der Waals surface area contributed by atoms with Crippen molar-refractivity contribution in [3.05, 3.63) is 23.5 Å². The Bertz CT molecular complexity index is 475. The largest absolute Gasteiger partial charge is 0.398 e. The van der Waals surface area contributed by atoms with E-state index in [0.29, 0.717) is 5.69 Å². The summed E-state index contributed by atoms with van der Waals surface area (Å²) in [5, 5.41) is 0. The summed E-state index contributed by atoms with van der Waals surface area (Å²) < 4.78 is 13.9. The van der Waals surface area contributed by atoms with Crippen molar-refractivity contribution in [1.82, 2.24) is 0 Å². The molecule has 0 aromatic heterocycles. The maximum atomic E-state index is 13.9. The minimum Gasteiger partial charge on any atom is -0.398 e. The van der Waals surface area contributed by atoms with Crippen LogP contribution in [0.2, 0.25) is 0 Å². The minimum atomic E-state index is -0.636. The molecular weight excluding hydrogens is 253 g/mol. The molecule has 1 unspecified atom stereocenters. The van der Waals surface area contributed by atoms with E-state index in [1.807, 2.05) is 23.7 Å². The number of nitrogens with two attached hydrogens (primary N) is 2. The van der Waals surface area contributed by atoms with E-state index < -0.39 is 11.7 Å². The number of rotatable bonds is 3. The lowest BCUT2D eigenvalue weighted by atomic mass is 10.1. The molecule has 4 N–H and O–H groups in total. The molecule has 1 aromatic rings. The number of hydrogen-bond donors (Lipinski definition) is 2. The van der Waals surface area contributed by atoms with Crippen molar-refractivity contribution < 1.29 is 9.18 Å². The molecule has 1 saturated heterocycles. The van der Waals surface area contributed by atoms with Crippen LogP contribution in [0.5, 0.6) is 0 Å². The Morgan fingerprint density at radius 1 is 1.56 bits per heavy atom. The molecular formula is C12H16FN3OS. The molecule has 4 nitrogen and oxygen atoms in total. The summed E-state index contributed by atoms with van der Waals surface area (Å²) >= 11 is 1.84. The van der Waals surface area contributed by atoms with Crippen molar-refractivity contribution in [2.75, 3.05) is 29.2 Å². The van der Waals surface area contributed by atoms with E-state index >= 15 is 0 Å². The number of nitrogen functional groups attached to an aromatic ring is 1. The Morgan fingerprint density at radius 3 is 2.83 bits per heavy atom. The molecule has 6 heteroatoms. The first-order valence-corrected chi connectivity index (χ1v) is 6.85. The summed E-state index contributed by atoms with van der Waals surface area (Å²) in [7, 11) is 1.83. The number of thioether (sulfide) groups is 1. The van der Waals surface area contributed by atoms with Crippen LogP contribution in [-0.4, -0.2) is 30.5 Å². The van der Waals surface area contributed by atoms with Crippen LogP contribution >= 0.6 is 11.8 Å². The van der Waals surface area contributed by atoms with Crippen LogP contribution in [-0.2, 0) is 0 Å². The van der Waals surface area contributed by atoms with Gasteiger partial charge in [0.2, 0.25) is 0 Å². The lowest BCUT2D eigenvalue weighted by molar-refractivity contribution is 0.100. The Kier molecular flexibility index (Phi) is 3.65. The Hall–Kier alpha value is -1.43. The fourth-order valence-electron chi connectivity index (χ4n) is 2.09. The fraction of sp³-hybridized carbons (Fsp3) is 0.417. The van der Waals surface area contributed by atoms with Gasteiger partial charge in [0.15, 0.2) is 0 Å². The van der Waals surface area contributed by atoms with Gasteiger partial charge in [-0.15, -0.1) is 0 Å². The maximum absolute atomic E-state index is 13.9.